The van der Waals surface area contributed by atoms with Crippen molar-refractivity contribution < 1.29 is 114 Å². The van der Waals surface area contributed by atoms with Crippen molar-refractivity contribution in [1.82, 2.24) is 0 Å². The number of rotatable bonds is 14. The van der Waals surface area contributed by atoms with Crippen LogP contribution in [0.15, 0.2) is 11.6 Å². The van der Waals surface area contributed by atoms with Crippen molar-refractivity contribution >= 4 is 0 Å². The number of hydrogen-bond donors (Lipinski definition) is 14. The highest BCUT2D eigenvalue weighted by Gasteiger charge is 2.74. The molecule has 3 saturated carbocycles. The van der Waals surface area contributed by atoms with Gasteiger partial charge in [-0.1, -0.05) is 39.3 Å². The molecule has 0 aromatic carbocycles. The minimum Gasteiger partial charge on any atom is -0.394 e. The van der Waals surface area contributed by atoms with Gasteiger partial charge in [-0.25, -0.2) is 0 Å². The molecular formula is C51H84O23. The highest BCUT2D eigenvalue weighted by Crippen LogP contribution is 2.71. The summed E-state index contributed by atoms with van der Waals surface area (Å²) in [7, 11) is 0. The molecule has 9 aliphatic rings. The molecular weight excluding hydrogens is 981 g/mol. The average Bonchev–Trinajstić information content (AvgIpc) is 3.76. The van der Waals surface area contributed by atoms with Crippen LogP contribution in [0.5, 0.6) is 0 Å². The zero-order chi connectivity index (χ0) is 53.7. The minimum atomic E-state index is -1.77. The molecule has 4 aliphatic carbocycles. The number of aliphatic hydroxyl groups excluding tert-OH is 12. The van der Waals surface area contributed by atoms with Gasteiger partial charge in [-0.05, 0) is 82.0 Å². The molecule has 23 nitrogen and oxygen atoms in total. The van der Waals surface area contributed by atoms with Gasteiger partial charge in [0.25, 0.3) is 0 Å². The molecule has 0 spiro atoms. The molecule has 14 N–H and O–H groups in total. The Kier molecular flexibility index (Phi) is 16.9. The van der Waals surface area contributed by atoms with Crippen molar-refractivity contribution in [2.24, 2.45) is 40.4 Å². The maximum Gasteiger partial charge on any atom is 0.187 e. The van der Waals surface area contributed by atoms with Gasteiger partial charge in [0.1, 0.15) is 85.5 Å². The van der Waals surface area contributed by atoms with Gasteiger partial charge in [0.15, 0.2) is 30.9 Å². The van der Waals surface area contributed by atoms with Crippen LogP contribution in [-0.2, 0) is 42.6 Å². The van der Waals surface area contributed by atoms with Crippen LogP contribution >= 0.6 is 0 Å². The maximum atomic E-state index is 13.1. The standard InChI is InChI=1S/C51H84O23/c1-20(19-66-44-38(60)37(59)34(56)29(17-52)70-44)9-14-51(65)21(2)31-28(74-51)16-50(64)27-8-7-24-15-25(10-12-48(24,5)26(27)11-13-49(31,50)6)69-47-43(73-46-40(62)36(58)33(55)23(4)68-46)41(63)42(30(18-53)71-47)72-45-39(61)35(57)32(54)22(3)67-45/h7,20-23,25-47,52-65H,8-19H2,1-6H3/t20?,21-,22-,23-,25-,26-,27+,28-,29+,30+,31-,32-,33-,34+,35+,36+,37-,38+,39+,40+,41-,42+,43+,44+,45-,46-,47+,48-,49+,50+,51?/m0/s1. The second-order valence-corrected chi connectivity index (χ2v) is 24.0. The van der Waals surface area contributed by atoms with E-state index < -0.39 is 159 Å². The second-order valence-electron chi connectivity index (χ2n) is 24.0. The highest BCUT2D eigenvalue weighted by atomic mass is 16.8. The lowest BCUT2D eigenvalue weighted by Crippen LogP contribution is -2.66. The molecule has 5 heterocycles. The summed E-state index contributed by atoms with van der Waals surface area (Å²) in [6.07, 6.45) is -23.1. The molecule has 23 heteroatoms. The molecule has 0 bridgehead atoms. The van der Waals surface area contributed by atoms with Crippen LogP contribution in [0, 0.1) is 40.4 Å². The first-order chi connectivity index (χ1) is 34.8. The van der Waals surface area contributed by atoms with Crippen molar-refractivity contribution in [3.8, 4) is 0 Å². The summed E-state index contributed by atoms with van der Waals surface area (Å²) < 4.78 is 54.4. The van der Waals surface area contributed by atoms with Crippen LogP contribution in [0.25, 0.3) is 0 Å². The Labute approximate surface area is 430 Å². The quantitative estimate of drug-likeness (QED) is 0.0778. The van der Waals surface area contributed by atoms with E-state index in [1.165, 1.54) is 13.8 Å². The van der Waals surface area contributed by atoms with Gasteiger partial charge < -0.3 is 114 Å². The maximum absolute atomic E-state index is 13.1. The summed E-state index contributed by atoms with van der Waals surface area (Å²) in [4.78, 5) is 0. The fourth-order valence-electron chi connectivity index (χ4n) is 14.9. The second kappa shape index (κ2) is 21.7. The molecule has 8 fully saturated rings. The monoisotopic (exact) mass is 1060 g/mol. The van der Waals surface area contributed by atoms with Gasteiger partial charge in [0.2, 0.25) is 0 Å². The number of hydrogen-bond acceptors (Lipinski definition) is 23. The molecule has 31 atom stereocenters. The third kappa shape index (κ3) is 9.79. The summed E-state index contributed by atoms with van der Waals surface area (Å²) in [6, 6.07) is 0. The first-order valence-electron chi connectivity index (χ1n) is 26.9. The lowest BCUT2D eigenvalue weighted by atomic mass is 9.45. The first-order valence-corrected chi connectivity index (χ1v) is 26.9. The summed E-state index contributed by atoms with van der Waals surface area (Å²) in [6.45, 7) is 10.1. The number of ether oxygens (including phenoxy) is 9. The summed E-state index contributed by atoms with van der Waals surface area (Å²) in [5, 5.41) is 152. The third-order valence-corrected chi connectivity index (χ3v) is 19.6. The molecule has 2 unspecified atom stereocenters. The Bertz CT molecular complexity index is 1950. The smallest absolute Gasteiger partial charge is 0.187 e. The van der Waals surface area contributed by atoms with E-state index in [0.717, 1.165) is 12.0 Å². The Morgan fingerprint density at radius 2 is 1.22 bits per heavy atom. The molecule has 74 heavy (non-hydrogen) atoms. The molecule has 0 radical (unpaired) electrons. The van der Waals surface area contributed by atoms with Crippen molar-refractivity contribution in [2.75, 3.05) is 19.8 Å². The van der Waals surface area contributed by atoms with Gasteiger partial charge in [0, 0.05) is 30.1 Å². The lowest BCUT2D eigenvalue weighted by Gasteiger charge is -2.61. The van der Waals surface area contributed by atoms with Crippen LogP contribution in [0.4, 0.5) is 0 Å². The van der Waals surface area contributed by atoms with Crippen molar-refractivity contribution in [3.63, 3.8) is 0 Å². The van der Waals surface area contributed by atoms with Crippen molar-refractivity contribution in [1.29, 1.82) is 0 Å². The number of allylic oxidation sites excluding steroid dienone is 1. The predicted octanol–water partition coefficient (Wildman–Crippen LogP) is -2.86. The van der Waals surface area contributed by atoms with Gasteiger partial charge in [-0.2, -0.15) is 0 Å². The highest BCUT2D eigenvalue weighted by molar-refractivity contribution is 5.29. The molecule has 426 valence electrons. The number of fused-ring (bicyclic) bond motifs is 7. The molecule has 0 aromatic rings. The molecule has 0 aromatic heterocycles. The average molecular weight is 1070 g/mol. The predicted molar refractivity (Wildman–Crippen MR) is 250 cm³/mol. The third-order valence-electron chi connectivity index (χ3n) is 19.6. The van der Waals surface area contributed by atoms with E-state index in [-0.39, 0.29) is 47.7 Å². The Morgan fingerprint density at radius 1 is 0.635 bits per heavy atom. The zero-order valence-electron chi connectivity index (χ0n) is 43.1. The van der Waals surface area contributed by atoms with E-state index in [4.69, 9.17) is 42.6 Å². The normalized spacial score (nSPS) is 55.9. The fraction of sp³-hybridized carbons (Fsp3) is 0.961. The van der Waals surface area contributed by atoms with E-state index in [2.05, 4.69) is 19.9 Å². The summed E-state index contributed by atoms with van der Waals surface area (Å²) in [5.41, 5.74) is -0.837. The molecule has 5 aliphatic heterocycles. The van der Waals surface area contributed by atoms with E-state index >= 15 is 0 Å². The van der Waals surface area contributed by atoms with Gasteiger partial charge in [-0.15, -0.1) is 0 Å². The van der Waals surface area contributed by atoms with Crippen molar-refractivity contribution in [2.45, 2.75) is 246 Å². The van der Waals surface area contributed by atoms with Crippen LogP contribution < -0.4 is 0 Å². The van der Waals surface area contributed by atoms with Crippen LogP contribution in [0.3, 0.4) is 0 Å². The first kappa shape index (κ1) is 57.5. The van der Waals surface area contributed by atoms with Gasteiger partial charge >= 0.3 is 0 Å². The number of aliphatic hydroxyl groups is 14. The zero-order valence-corrected chi connectivity index (χ0v) is 43.1. The van der Waals surface area contributed by atoms with E-state index in [0.29, 0.717) is 51.4 Å². The van der Waals surface area contributed by atoms with Crippen LogP contribution in [0.1, 0.15) is 99.3 Å². The molecule has 5 saturated heterocycles. The van der Waals surface area contributed by atoms with Gasteiger partial charge in [0.05, 0.1) is 49.8 Å². The van der Waals surface area contributed by atoms with E-state index in [9.17, 15) is 71.5 Å². The minimum absolute atomic E-state index is 0.101. The van der Waals surface area contributed by atoms with Gasteiger partial charge in [-0.3, -0.25) is 0 Å². The topological polar surface area (TPSA) is 366 Å². The molecule has 0 amide bonds. The Balaban J connectivity index is 0.860. The van der Waals surface area contributed by atoms with E-state index in [1.54, 1.807) is 0 Å². The van der Waals surface area contributed by atoms with E-state index in [1.807, 2.05) is 13.8 Å². The lowest BCUT2D eigenvalue weighted by molar-refractivity contribution is -0.388. The largest absolute Gasteiger partial charge is 0.394 e. The summed E-state index contributed by atoms with van der Waals surface area (Å²) >= 11 is 0. The molecule has 9 rings (SSSR count). The SMILES string of the molecule is CC(CCC1(O)O[C@H]2C[C@@]3(O)[C@@H]4CC=C5C[C@@H](O[C@@H]6O[C@H](CO)[C@@H](O[C@@H]7O[C@@H](C)[C@H](O)[C@@H](O)[C@H]7O)[C@H](O)[C@H]6O[C@@H]6O[C@@H](C)[C@H](O)[C@@H](O)[C@H]6O)CC[C@]5(C)[C@H]4CC[C@]3(C)[C@H]2[C@@H]1C)CO[C@@H]1O[C@H](CO)[C@@H](O)[C@H](O)[C@H]1O. The van der Waals surface area contributed by atoms with Crippen LogP contribution in [0.2, 0.25) is 0 Å². The Hall–Kier alpha value is -1.18. The summed E-state index contributed by atoms with van der Waals surface area (Å²) in [5.74, 6) is -2.04. The fourth-order valence-corrected chi connectivity index (χ4v) is 14.9. The van der Waals surface area contributed by atoms with Crippen LogP contribution in [-0.4, -0.2) is 238 Å². The van der Waals surface area contributed by atoms with Crippen molar-refractivity contribution in [3.05, 3.63) is 11.6 Å². The Morgan fingerprint density at radius 3 is 1.84 bits per heavy atom.